The summed E-state index contributed by atoms with van der Waals surface area (Å²) >= 11 is 0. The number of H-pyrrole nitrogens is 1. The molecule has 1 saturated carbocycles. The Morgan fingerprint density at radius 3 is 2.52 bits per heavy atom. The third-order valence-electron chi connectivity index (χ3n) is 5.98. The smallest absolute Gasteiger partial charge is 0.225 e. The molecule has 6 heteroatoms. The molecule has 1 atom stereocenters. The monoisotopic (exact) mass is 376 g/mol. The van der Waals surface area contributed by atoms with Crippen LogP contribution in [0.15, 0.2) is 6.07 Å². The van der Waals surface area contributed by atoms with Gasteiger partial charge in [-0.05, 0) is 31.7 Å². The molecule has 27 heavy (non-hydrogen) atoms. The molecule has 0 bridgehead atoms. The van der Waals surface area contributed by atoms with Crippen LogP contribution in [0.25, 0.3) is 0 Å². The van der Waals surface area contributed by atoms with Gasteiger partial charge in [0.15, 0.2) is 0 Å². The molecule has 3 rings (SSSR count). The lowest BCUT2D eigenvalue weighted by atomic mass is 9.84. The van der Waals surface area contributed by atoms with Gasteiger partial charge in [0.25, 0.3) is 0 Å². The molecule has 2 heterocycles. The van der Waals surface area contributed by atoms with Crippen LogP contribution in [0, 0.1) is 18.8 Å². The summed E-state index contributed by atoms with van der Waals surface area (Å²) in [7, 11) is 0. The van der Waals surface area contributed by atoms with Crippen molar-refractivity contribution >= 4 is 5.91 Å². The third kappa shape index (κ3) is 5.55. The van der Waals surface area contributed by atoms with Crippen LogP contribution in [0.5, 0.6) is 0 Å². The number of nitrogens with zero attached hydrogens (tertiary/aromatic N) is 3. The van der Waals surface area contributed by atoms with Crippen LogP contribution in [-0.4, -0.2) is 65.2 Å². The number of aromatic nitrogens is 2. The Morgan fingerprint density at radius 1 is 1.22 bits per heavy atom. The van der Waals surface area contributed by atoms with Gasteiger partial charge >= 0.3 is 0 Å². The number of piperazine rings is 1. The molecular weight excluding hydrogens is 340 g/mol. The first kappa shape index (κ1) is 20.3. The number of aromatic amines is 1. The number of hydrogen-bond acceptors (Lipinski definition) is 4. The molecule has 152 valence electrons. The standard InChI is InChI=1S/C21H36N4O2/c1-16(2)21(26)25-11-9-24(10-12-25)13-14-27-20(18-7-5-4-6-8-18)19-15-17(3)22-23-19/h15-16,18,20H,4-14H2,1-3H3,(H,22,23). The highest BCUT2D eigenvalue weighted by Gasteiger charge is 2.28. The minimum Gasteiger partial charge on any atom is -0.370 e. The zero-order valence-corrected chi connectivity index (χ0v) is 17.2. The Kier molecular flexibility index (Phi) is 7.30. The van der Waals surface area contributed by atoms with E-state index in [-0.39, 0.29) is 17.9 Å². The average Bonchev–Trinajstić information content (AvgIpc) is 3.11. The fraction of sp³-hybridized carbons (Fsp3) is 0.810. The predicted octanol–water partition coefficient (Wildman–Crippen LogP) is 3.16. The summed E-state index contributed by atoms with van der Waals surface area (Å²) in [6, 6.07) is 2.13. The average molecular weight is 377 g/mol. The van der Waals surface area contributed by atoms with E-state index < -0.39 is 0 Å². The Hall–Kier alpha value is -1.40. The molecule has 1 aliphatic carbocycles. The summed E-state index contributed by atoms with van der Waals surface area (Å²) in [5.41, 5.74) is 2.16. The highest BCUT2D eigenvalue weighted by molar-refractivity contribution is 5.78. The van der Waals surface area contributed by atoms with E-state index in [1.807, 2.05) is 25.7 Å². The summed E-state index contributed by atoms with van der Waals surface area (Å²) in [5, 5.41) is 7.57. The van der Waals surface area contributed by atoms with Crippen molar-refractivity contribution in [3.8, 4) is 0 Å². The molecule has 6 nitrogen and oxygen atoms in total. The molecule has 1 aromatic rings. The summed E-state index contributed by atoms with van der Waals surface area (Å²) < 4.78 is 6.39. The summed E-state index contributed by atoms with van der Waals surface area (Å²) in [6.07, 6.45) is 6.56. The number of carbonyl (C=O) groups excluding carboxylic acids is 1. The van der Waals surface area contributed by atoms with Crippen LogP contribution < -0.4 is 0 Å². The van der Waals surface area contributed by atoms with Crippen molar-refractivity contribution in [1.82, 2.24) is 20.0 Å². The van der Waals surface area contributed by atoms with Gasteiger partial charge in [-0.2, -0.15) is 5.10 Å². The second-order valence-corrected chi connectivity index (χ2v) is 8.49. The second kappa shape index (κ2) is 9.69. The normalized spacial score (nSPS) is 21.0. The number of hydrogen-bond donors (Lipinski definition) is 1. The summed E-state index contributed by atoms with van der Waals surface area (Å²) in [4.78, 5) is 16.5. The zero-order chi connectivity index (χ0) is 19.2. The van der Waals surface area contributed by atoms with Gasteiger partial charge in [-0.3, -0.25) is 14.8 Å². The van der Waals surface area contributed by atoms with Crippen molar-refractivity contribution in [2.45, 2.75) is 59.0 Å². The highest BCUT2D eigenvalue weighted by Crippen LogP contribution is 2.36. The lowest BCUT2D eigenvalue weighted by molar-refractivity contribution is -0.136. The van der Waals surface area contributed by atoms with E-state index in [0.29, 0.717) is 5.92 Å². The topological polar surface area (TPSA) is 61.5 Å². The number of rotatable bonds is 7. The van der Waals surface area contributed by atoms with E-state index in [9.17, 15) is 4.79 Å². The quantitative estimate of drug-likeness (QED) is 0.794. The van der Waals surface area contributed by atoms with Gasteiger partial charge in [-0.15, -0.1) is 0 Å². The first-order valence-electron chi connectivity index (χ1n) is 10.7. The van der Waals surface area contributed by atoms with Crippen LogP contribution >= 0.6 is 0 Å². The fourth-order valence-corrected chi connectivity index (χ4v) is 4.35. The number of amides is 1. The Balaban J connectivity index is 1.47. The number of aryl methyl sites for hydroxylation is 1. The van der Waals surface area contributed by atoms with Gasteiger partial charge in [-0.25, -0.2) is 0 Å². The number of nitrogens with one attached hydrogen (secondary N) is 1. The minimum atomic E-state index is 0.0912. The SMILES string of the molecule is Cc1cc(C(OCCN2CCN(C(=O)C(C)C)CC2)C2CCCCC2)n[nH]1. The zero-order valence-electron chi connectivity index (χ0n) is 17.2. The fourth-order valence-electron chi connectivity index (χ4n) is 4.35. The molecule has 0 radical (unpaired) electrons. The van der Waals surface area contributed by atoms with E-state index >= 15 is 0 Å². The molecule has 1 unspecified atom stereocenters. The molecule has 2 fully saturated rings. The van der Waals surface area contributed by atoms with E-state index in [1.54, 1.807) is 0 Å². The number of ether oxygens (including phenoxy) is 1. The van der Waals surface area contributed by atoms with Gasteiger partial charge in [0.05, 0.1) is 12.3 Å². The van der Waals surface area contributed by atoms with Gasteiger partial charge in [-0.1, -0.05) is 33.1 Å². The van der Waals surface area contributed by atoms with Crippen molar-refractivity contribution in [2.24, 2.45) is 11.8 Å². The van der Waals surface area contributed by atoms with Crippen molar-refractivity contribution in [3.05, 3.63) is 17.5 Å². The predicted molar refractivity (Wildman–Crippen MR) is 106 cm³/mol. The van der Waals surface area contributed by atoms with E-state index in [0.717, 1.165) is 50.7 Å². The molecule has 0 spiro atoms. The number of carbonyl (C=O) groups is 1. The maximum atomic E-state index is 12.1. The van der Waals surface area contributed by atoms with Crippen LogP contribution in [0.3, 0.4) is 0 Å². The summed E-state index contributed by atoms with van der Waals surface area (Å²) in [6.45, 7) is 11.2. The Labute approximate surface area is 163 Å². The third-order valence-corrected chi connectivity index (χ3v) is 5.98. The van der Waals surface area contributed by atoms with Crippen molar-refractivity contribution in [3.63, 3.8) is 0 Å². The first-order valence-corrected chi connectivity index (χ1v) is 10.7. The Bertz CT molecular complexity index is 587. The van der Waals surface area contributed by atoms with Crippen LogP contribution in [-0.2, 0) is 9.53 Å². The molecule has 1 aliphatic heterocycles. The van der Waals surface area contributed by atoms with Crippen LogP contribution in [0.1, 0.15) is 63.4 Å². The minimum absolute atomic E-state index is 0.0912. The molecule has 2 aliphatic rings. The molecule has 1 aromatic heterocycles. The molecule has 1 saturated heterocycles. The van der Waals surface area contributed by atoms with Crippen molar-refractivity contribution < 1.29 is 9.53 Å². The van der Waals surface area contributed by atoms with E-state index in [2.05, 4.69) is 21.2 Å². The molecule has 0 aromatic carbocycles. The lowest BCUT2D eigenvalue weighted by Gasteiger charge is -2.36. The van der Waals surface area contributed by atoms with Crippen LogP contribution in [0.2, 0.25) is 0 Å². The van der Waals surface area contributed by atoms with Gasteiger partial charge in [0, 0.05) is 44.3 Å². The van der Waals surface area contributed by atoms with Gasteiger partial charge in [0.1, 0.15) is 6.10 Å². The molecule has 1 N–H and O–H groups in total. The lowest BCUT2D eigenvalue weighted by Crippen LogP contribution is -2.50. The molecular formula is C21H36N4O2. The van der Waals surface area contributed by atoms with E-state index in [1.165, 1.54) is 32.1 Å². The first-order chi connectivity index (χ1) is 13.0. The molecule has 1 amide bonds. The van der Waals surface area contributed by atoms with Gasteiger partial charge < -0.3 is 9.64 Å². The summed E-state index contributed by atoms with van der Waals surface area (Å²) in [5.74, 6) is 0.951. The maximum Gasteiger partial charge on any atom is 0.225 e. The maximum absolute atomic E-state index is 12.1. The Morgan fingerprint density at radius 2 is 1.93 bits per heavy atom. The van der Waals surface area contributed by atoms with Crippen molar-refractivity contribution in [1.29, 1.82) is 0 Å². The van der Waals surface area contributed by atoms with E-state index in [4.69, 9.17) is 4.74 Å². The largest absolute Gasteiger partial charge is 0.370 e. The van der Waals surface area contributed by atoms with Gasteiger partial charge in [0.2, 0.25) is 5.91 Å². The van der Waals surface area contributed by atoms with Crippen molar-refractivity contribution in [2.75, 3.05) is 39.3 Å². The highest BCUT2D eigenvalue weighted by atomic mass is 16.5. The van der Waals surface area contributed by atoms with Crippen LogP contribution in [0.4, 0.5) is 0 Å². The second-order valence-electron chi connectivity index (χ2n) is 8.49.